The van der Waals surface area contributed by atoms with E-state index < -0.39 is 5.97 Å². The highest BCUT2D eigenvalue weighted by Crippen LogP contribution is 2.24. The van der Waals surface area contributed by atoms with Crippen molar-refractivity contribution in [2.75, 3.05) is 23.7 Å². The Morgan fingerprint density at radius 3 is 2.59 bits per heavy atom. The van der Waals surface area contributed by atoms with Gasteiger partial charge in [-0.15, -0.1) is 0 Å². The number of hydrogen-bond donors (Lipinski definition) is 4. The fraction of sp³-hybridized carbons (Fsp3) is 0.227. The summed E-state index contributed by atoms with van der Waals surface area (Å²) in [6, 6.07) is 10.9. The van der Waals surface area contributed by atoms with Crippen LogP contribution in [0.15, 0.2) is 47.5 Å². The SMILES string of the molecule is Cc1cc(/C=C/C(=O)O)cc(C)c1NC(=O)c1cccc(NC2=NCCCN2)c1. The number of anilines is 2. The number of carboxylic acid groups (broad SMARTS) is 1. The molecule has 0 aliphatic carbocycles. The van der Waals surface area contributed by atoms with Crippen LogP contribution in [0.2, 0.25) is 0 Å². The summed E-state index contributed by atoms with van der Waals surface area (Å²) in [4.78, 5) is 27.9. The zero-order valence-electron chi connectivity index (χ0n) is 16.5. The second-order valence-electron chi connectivity index (χ2n) is 6.87. The molecule has 0 radical (unpaired) electrons. The van der Waals surface area contributed by atoms with Crippen molar-refractivity contribution < 1.29 is 14.7 Å². The molecule has 7 nitrogen and oxygen atoms in total. The van der Waals surface area contributed by atoms with Gasteiger partial charge in [0.15, 0.2) is 5.96 Å². The molecule has 4 N–H and O–H groups in total. The minimum absolute atomic E-state index is 0.216. The summed E-state index contributed by atoms with van der Waals surface area (Å²) in [5, 5.41) is 18.1. The van der Waals surface area contributed by atoms with E-state index in [0.29, 0.717) is 11.5 Å². The molecule has 1 aliphatic heterocycles. The maximum atomic E-state index is 12.8. The molecule has 3 rings (SSSR count). The smallest absolute Gasteiger partial charge is 0.328 e. The summed E-state index contributed by atoms with van der Waals surface area (Å²) < 4.78 is 0. The van der Waals surface area contributed by atoms with Crippen LogP contribution >= 0.6 is 0 Å². The summed E-state index contributed by atoms with van der Waals surface area (Å²) in [6.45, 7) is 5.42. The van der Waals surface area contributed by atoms with E-state index in [-0.39, 0.29) is 5.91 Å². The van der Waals surface area contributed by atoms with Crippen LogP contribution in [-0.2, 0) is 4.79 Å². The Morgan fingerprint density at radius 2 is 1.93 bits per heavy atom. The van der Waals surface area contributed by atoms with E-state index in [1.807, 2.05) is 38.1 Å². The molecular formula is C22H24N4O3. The number of hydrogen-bond acceptors (Lipinski definition) is 5. The molecule has 0 fully saturated rings. The lowest BCUT2D eigenvalue weighted by atomic mass is 10.0. The summed E-state index contributed by atoms with van der Waals surface area (Å²) in [6.07, 6.45) is 3.64. The average molecular weight is 392 g/mol. The molecule has 1 amide bonds. The molecule has 2 aromatic carbocycles. The number of aliphatic carboxylic acids is 1. The molecule has 0 aromatic heterocycles. The second kappa shape index (κ2) is 9.05. The summed E-state index contributed by atoms with van der Waals surface area (Å²) in [5.74, 6) is -0.502. The Hall–Kier alpha value is -3.61. The van der Waals surface area contributed by atoms with Crippen molar-refractivity contribution in [3.8, 4) is 0 Å². The number of rotatable bonds is 5. The Bertz CT molecular complexity index is 972. The van der Waals surface area contributed by atoms with Gasteiger partial charge in [-0.1, -0.05) is 6.07 Å². The van der Waals surface area contributed by atoms with Crippen molar-refractivity contribution in [2.45, 2.75) is 20.3 Å². The molecule has 0 saturated carbocycles. The molecule has 0 atom stereocenters. The number of aryl methyl sites for hydroxylation is 2. The molecule has 150 valence electrons. The van der Waals surface area contributed by atoms with Gasteiger partial charge in [0, 0.05) is 36.1 Å². The number of benzene rings is 2. The Kier molecular flexibility index (Phi) is 6.29. The van der Waals surface area contributed by atoms with Gasteiger partial charge in [-0.3, -0.25) is 9.79 Å². The van der Waals surface area contributed by atoms with E-state index in [1.54, 1.807) is 12.1 Å². The van der Waals surface area contributed by atoms with Gasteiger partial charge in [-0.05, 0) is 73.4 Å². The van der Waals surface area contributed by atoms with Gasteiger partial charge in [0.1, 0.15) is 0 Å². The molecule has 0 unspecified atom stereocenters. The van der Waals surface area contributed by atoms with Gasteiger partial charge in [0.05, 0.1) is 0 Å². The van der Waals surface area contributed by atoms with Crippen LogP contribution in [0.1, 0.15) is 33.5 Å². The third-order valence-electron chi connectivity index (χ3n) is 4.50. The quantitative estimate of drug-likeness (QED) is 0.584. The number of carbonyl (C=O) groups excluding carboxylic acids is 1. The first kappa shape index (κ1) is 20.1. The molecule has 1 aliphatic rings. The predicted octanol–water partition coefficient (Wildman–Crippen LogP) is 3.41. The minimum atomic E-state index is -0.999. The van der Waals surface area contributed by atoms with Gasteiger partial charge >= 0.3 is 5.97 Å². The number of nitrogens with zero attached hydrogens (tertiary/aromatic N) is 1. The van der Waals surface area contributed by atoms with E-state index >= 15 is 0 Å². The third kappa shape index (κ3) is 5.44. The van der Waals surface area contributed by atoms with Gasteiger partial charge in [-0.2, -0.15) is 0 Å². The summed E-state index contributed by atoms with van der Waals surface area (Å²) in [7, 11) is 0. The number of nitrogens with one attached hydrogen (secondary N) is 3. The molecule has 0 bridgehead atoms. The maximum absolute atomic E-state index is 12.8. The predicted molar refractivity (Wildman–Crippen MR) is 116 cm³/mol. The normalized spacial score (nSPS) is 13.5. The van der Waals surface area contributed by atoms with Crippen LogP contribution in [0.25, 0.3) is 6.08 Å². The van der Waals surface area contributed by atoms with Crippen molar-refractivity contribution in [3.05, 3.63) is 64.7 Å². The lowest BCUT2D eigenvalue weighted by Crippen LogP contribution is -2.35. The van der Waals surface area contributed by atoms with Crippen LogP contribution in [-0.4, -0.2) is 36.0 Å². The molecular weight excluding hydrogens is 368 g/mol. The molecule has 1 heterocycles. The fourth-order valence-electron chi connectivity index (χ4n) is 3.13. The van der Waals surface area contributed by atoms with Crippen molar-refractivity contribution in [1.82, 2.24) is 5.32 Å². The Balaban J connectivity index is 1.75. The monoisotopic (exact) mass is 392 g/mol. The summed E-state index contributed by atoms with van der Waals surface area (Å²) in [5.41, 5.74) is 4.52. The van der Waals surface area contributed by atoms with Crippen molar-refractivity contribution in [2.24, 2.45) is 4.99 Å². The minimum Gasteiger partial charge on any atom is -0.478 e. The zero-order valence-corrected chi connectivity index (χ0v) is 16.5. The molecule has 7 heteroatoms. The van der Waals surface area contributed by atoms with Crippen LogP contribution in [0.4, 0.5) is 11.4 Å². The highest BCUT2D eigenvalue weighted by Gasteiger charge is 2.12. The van der Waals surface area contributed by atoms with E-state index in [2.05, 4.69) is 20.9 Å². The fourth-order valence-corrected chi connectivity index (χ4v) is 3.13. The molecule has 0 spiro atoms. The van der Waals surface area contributed by atoms with Crippen molar-refractivity contribution in [1.29, 1.82) is 0 Å². The number of carbonyl (C=O) groups is 2. The number of amides is 1. The molecule has 29 heavy (non-hydrogen) atoms. The molecule has 0 saturated heterocycles. The standard InChI is InChI=1S/C22H24N4O3/c1-14-11-16(7-8-19(27)28)12-15(2)20(14)26-21(29)17-5-3-6-18(13-17)25-22-23-9-4-10-24-22/h3,5-8,11-13H,4,9-10H2,1-2H3,(H,26,29)(H,27,28)(H2,23,24,25)/b8-7+. The van der Waals surface area contributed by atoms with Gasteiger partial charge < -0.3 is 21.1 Å². The van der Waals surface area contributed by atoms with E-state index in [1.165, 1.54) is 6.08 Å². The van der Waals surface area contributed by atoms with E-state index in [4.69, 9.17) is 5.11 Å². The van der Waals surface area contributed by atoms with E-state index in [0.717, 1.165) is 53.7 Å². The van der Waals surface area contributed by atoms with Crippen molar-refractivity contribution in [3.63, 3.8) is 0 Å². The highest BCUT2D eigenvalue weighted by atomic mass is 16.4. The third-order valence-corrected chi connectivity index (χ3v) is 4.50. The highest BCUT2D eigenvalue weighted by molar-refractivity contribution is 6.06. The number of carboxylic acids is 1. The van der Waals surface area contributed by atoms with Crippen LogP contribution in [0, 0.1) is 13.8 Å². The zero-order chi connectivity index (χ0) is 20.8. The van der Waals surface area contributed by atoms with Gasteiger partial charge in [0.2, 0.25) is 0 Å². The van der Waals surface area contributed by atoms with Gasteiger partial charge in [0.25, 0.3) is 5.91 Å². The van der Waals surface area contributed by atoms with E-state index in [9.17, 15) is 9.59 Å². The van der Waals surface area contributed by atoms with Crippen LogP contribution in [0.5, 0.6) is 0 Å². The molecule has 2 aromatic rings. The van der Waals surface area contributed by atoms with Crippen molar-refractivity contribution >= 4 is 35.3 Å². The Labute approximate surface area is 169 Å². The first-order valence-corrected chi connectivity index (χ1v) is 9.41. The van der Waals surface area contributed by atoms with Crippen LogP contribution in [0.3, 0.4) is 0 Å². The number of aliphatic imine (C=N–C) groups is 1. The topological polar surface area (TPSA) is 103 Å². The van der Waals surface area contributed by atoms with Gasteiger partial charge in [-0.25, -0.2) is 4.79 Å². The van der Waals surface area contributed by atoms with Crippen LogP contribution < -0.4 is 16.0 Å². The Morgan fingerprint density at radius 1 is 1.17 bits per heavy atom. The first-order chi connectivity index (χ1) is 13.9. The second-order valence-corrected chi connectivity index (χ2v) is 6.87. The number of guanidine groups is 1. The largest absolute Gasteiger partial charge is 0.478 e. The maximum Gasteiger partial charge on any atom is 0.328 e. The lowest BCUT2D eigenvalue weighted by molar-refractivity contribution is -0.131. The lowest BCUT2D eigenvalue weighted by Gasteiger charge is -2.17. The average Bonchev–Trinajstić information content (AvgIpc) is 2.70. The first-order valence-electron chi connectivity index (χ1n) is 9.41. The summed E-state index contributed by atoms with van der Waals surface area (Å²) >= 11 is 0.